The van der Waals surface area contributed by atoms with Crippen molar-refractivity contribution in [1.82, 2.24) is 4.98 Å². The normalized spacial score (nSPS) is 10.3. The molecule has 0 fully saturated rings. The van der Waals surface area contributed by atoms with Crippen LogP contribution in [0.2, 0.25) is 0 Å². The van der Waals surface area contributed by atoms with E-state index in [9.17, 15) is 0 Å². The summed E-state index contributed by atoms with van der Waals surface area (Å²) in [6.45, 7) is 5.58. The lowest BCUT2D eigenvalue weighted by atomic mass is 10.0. The first-order valence-electron chi connectivity index (χ1n) is 7.52. The minimum Gasteiger partial charge on any atom is -1.00 e. The first-order valence-corrected chi connectivity index (χ1v) is 7.52. The van der Waals surface area contributed by atoms with Crippen molar-refractivity contribution in [2.45, 2.75) is 52.5 Å². The summed E-state index contributed by atoms with van der Waals surface area (Å²) in [4.78, 5) is 3.40. The summed E-state index contributed by atoms with van der Waals surface area (Å²) in [5.41, 5.74) is 2.75. The van der Waals surface area contributed by atoms with Crippen LogP contribution in [-0.2, 0) is 13.0 Å². The molecule has 2 aromatic rings. The Balaban J connectivity index is 0.00000200. The van der Waals surface area contributed by atoms with Crippen LogP contribution in [0.4, 0.5) is 0 Å². The minimum absolute atomic E-state index is 0. The topological polar surface area (TPSA) is 19.7 Å². The first kappa shape index (κ1) is 17.2. The third-order valence-electron chi connectivity index (χ3n) is 3.67. The van der Waals surface area contributed by atoms with E-state index >= 15 is 0 Å². The smallest absolute Gasteiger partial charge is 0.286 e. The molecule has 3 heteroatoms. The van der Waals surface area contributed by atoms with Crippen molar-refractivity contribution in [3.63, 3.8) is 0 Å². The Morgan fingerprint density at radius 1 is 1.05 bits per heavy atom. The average Bonchev–Trinajstić information content (AvgIpc) is 2.92. The Morgan fingerprint density at radius 2 is 1.85 bits per heavy atom. The summed E-state index contributed by atoms with van der Waals surface area (Å²) in [5.74, 6) is 1.24. The number of nitrogens with one attached hydrogen (secondary N) is 1. The maximum atomic E-state index is 3.40. The van der Waals surface area contributed by atoms with Crippen LogP contribution in [0.3, 0.4) is 0 Å². The van der Waals surface area contributed by atoms with E-state index in [4.69, 9.17) is 0 Å². The van der Waals surface area contributed by atoms with Gasteiger partial charge >= 0.3 is 0 Å². The predicted molar refractivity (Wildman–Crippen MR) is 79.9 cm³/mol. The molecular formula is C17H25IN2. The van der Waals surface area contributed by atoms with Crippen molar-refractivity contribution >= 4 is 0 Å². The van der Waals surface area contributed by atoms with Crippen molar-refractivity contribution in [1.29, 1.82) is 0 Å². The summed E-state index contributed by atoms with van der Waals surface area (Å²) >= 11 is 0. The molecule has 20 heavy (non-hydrogen) atoms. The third-order valence-corrected chi connectivity index (χ3v) is 3.67. The number of aromatic nitrogens is 2. The highest BCUT2D eigenvalue weighted by molar-refractivity contribution is 5.57. The largest absolute Gasteiger partial charge is 1.00 e. The molecule has 2 nitrogen and oxygen atoms in total. The van der Waals surface area contributed by atoms with Gasteiger partial charge < -0.3 is 24.0 Å². The van der Waals surface area contributed by atoms with Gasteiger partial charge in [0.05, 0.1) is 12.1 Å². The maximum Gasteiger partial charge on any atom is 0.286 e. The molecule has 1 aromatic carbocycles. The lowest BCUT2D eigenvalue weighted by Crippen LogP contribution is -3.00. The highest BCUT2D eigenvalue weighted by atomic mass is 127. The standard InChI is InChI=1S/C17H24N2.HI/c1-3-5-6-9-13-19-14-12-18-17(19)16-11-8-7-10-15(16)4-2;/h7-8,10-12,14H,3-6,9,13H2,1-2H3;1H. The monoisotopic (exact) mass is 384 g/mol. The van der Waals surface area contributed by atoms with Gasteiger partial charge in [0.15, 0.2) is 0 Å². The van der Waals surface area contributed by atoms with Crippen molar-refractivity contribution in [2.24, 2.45) is 0 Å². The molecule has 1 aromatic heterocycles. The molecule has 0 saturated carbocycles. The van der Waals surface area contributed by atoms with Crippen molar-refractivity contribution in [3.8, 4) is 11.4 Å². The number of aryl methyl sites for hydroxylation is 2. The van der Waals surface area contributed by atoms with Gasteiger partial charge in [-0.1, -0.05) is 44.9 Å². The molecule has 110 valence electrons. The number of unbranched alkanes of at least 4 members (excludes halogenated alkanes) is 3. The molecule has 0 amide bonds. The van der Waals surface area contributed by atoms with Gasteiger partial charge in [-0.25, -0.2) is 9.55 Å². The molecule has 0 atom stereocenters. The van der Waals surface area contributed by atoms with Crippen molar-refractivity contribution < 1.29 is 28.5 Å². The molecule has 2 rings (SSSR count). The van der Waals surface area contributed by atoms with Crippen LogP contribution in [0.1, 0.15) is 45.1 Å². The number of hydrogen-bond acceptors (Lipinski definition) is 0. The van der Waals surface area contributed by atoms with Crippen LogP contribution in [0, 0.1) is 0 Å². The second-order valence-corrected chi connectivity index (χ2v) is 5.07. The summed E-state index contributed by atoms with van der Waals surface area (Å²) in [6, 6.07) is 8.68. The first-order chi connectivity index (χ1) is 9.36. The van der Waals surface area contributed by atoms with Crippen molar-refractivity contribution in [2.75, 3.05) is 0 Å². The number of nitrogens with zero attached hydrogens (tertiary/aromatic N) is 1. The molecule has 0 aliphatic rings. The Morgan fingerprint density at radius 3 is 2.60 bits per heavy atom. The van der Waals surface area contributed by atoms with E-state index in [0.717, 1.165) is 13.0 Å². The Hall–Kier alpha value is -0.840. The van der Waals surface area contributed by atoms with Gasteiger partial charge in [-0.3, -0.25) is 0 Å². The summed E-state index contributed by atoms with van der Waals surface area (Å²) in [6.07, 6.45) is 10.5. The summed E-state index contributed by atoms with van der Waals surface area (Å²) in [7, 11) is 0. The van der Waals surface area contributed by atoms with Crippen LogP contribution in [-0.4, -0.2) is 4.98 Å². The number of rotatable bonds is 7. The fourth-order valence-corrected chi connectivity index (χ4v) is 2.55. The highest BCUT2D eigenvalue weighted by Gasteiger charge is 2.15. The molecule has 0 saturated heterocycles. The molecule has 0 aliphatic carbocycles. The quantitative estimate of drug-likeness (QED) is 0.420. The number of halogens is 1. The van der Waals surface area contributed by atoms with E-state index in [0.29, 0.717) is 0 Å². The zero-order valence-electron chi connectivity index (χ0n) is 12.5. The summed E-state index contributed by atoms with van der Waals surface area (Å²) in [5, 5.41) is 0. The molecule has 0 aliphatic heterocycles. The van der Waals surface area contributed by atoms with E-state index in [2.05, 4.69) is 53.9 Å². The van der Waals surface area contributed by atoms with Crippen LogP contribution >= 0.6 is 0 Å². The van der Waals surface area contributed by atoms with Gasteiger partial charge in [0.1, 0.15) is 12.4 Å². The molecule has 0 spiro atoms. The van der Waals surface area contributed by atoms with Crippen LogP contribution < -0.4 is 28.5 Å². The Bertz CT molecular complexity index is 505. The van der Waals surface area contributed by atoms with Gasteiger partial charge in [0.25, 0.3) is 5.82 Å². The molecule has 0 radical (unpaired) electrons. The molecule has 1 heterocycles. The Labute approximate surface area is 139 Å². The fourth-order valence-electron chi connectivity index (χ4n) is 2.55. The maximum absolute atomic E-state index is 3.40. The lowest BCUT2D eigenvalue weighted by Gasteiger charge is -2.05. The van der Waals surface area contributed by atoms with E-state index in [1.807, 2.05) is 6.20 Å². The number of hydrogen-bond donors (Lipinski definition) is 1. The number of H-pyrrole nitrogens is 1. The van der Waals surface area contributed by atoms with Gasteiger partial charge in [0, 0.05) is 0 Å². The second kappa shape index (κ2) is 9.16. The Kier molecular flexibility index (Phi) is 7.88. The van der Waals surface area contributed by atoms with E-state index in [1.54, 1.807) is 0 Å². The van der Waals surface area contributed by atoms with Crippen LogP contribution in [0.25, 0.3) is 11.4 Å². The number of imidazole rings is 1. The number of benzene rings is 1. The molecular weight excluding hydrogens is 359 g/mol. The molecule has 0 unspecified atom stereocenters. The third kappa shape index (κ3) is 4.33. The highest BCUT2D eigenvalue weighted by Crippen LogP contribution is 2.19. The second-order valence-electron chi connectivity index (χ2n) is 5.07. The minimum atomic E-state index is 0. The zero-order chi connectivity index (χ0) is 13.5. The van der Waals surface area contributed by atoms with Crippen molar-refractivity contribution in [3.05, 3.63) is 42.2 Å². The fraction of sp³-hybridized carbons (Fsp3) is 0.471. The van der Waals surface area contributed by atoms with E-state index < -0.39 is 0 Å². The van der Waals surface area contributed by atoms with E-state index in [-0.39, 0.29) is 24.0 Å². The predicted octanol–water partition coefficient (Wildman–Crippen LogP) is 1.12. The lowest BCUT2D eigenvalue weighted by molar-refractivity contribution is -0.685. The summed E-state index contributed by atoms with van der Waals surface area (Å²) < 4.78 is 2.35. The SMILES string of the molecule is CCCCCC[n+]1cc[nH]c1-c1ccccc1CC.[I-]. The zero-order valence-corrected chi connectivity index (χ0v) is 14.7. The van der Waals surface area contributed by atoms with Gasteiger partial charge in [-0.2, -0.15) is 0 Å². The van der Waals surface area contributed by atoms with E-state index in [1.165, 1.54) is 42.6 Å². The van der Waals surface area contributed by atoms with Crippen LogP contribution in [0.15, 0.2) is 36.7 Å². The van der Waals surface area contributed by atoms with Crippen LogP contribution in [0.5, 0.6) is 0 Å². The number of aromatic amines is 1. The molecule has 1 N–H and O–H groups in total. The van der Waals surface area contributed by atoms with Gasteiger partial charge in [-0.15, -0.1) is 0 Å². The van der Waals surface area contributed by atoms with Gasteiger partial charge in [-0.05, 0) is 30.9 Å². The van der Waals surface area contributed by atoms with Gasteiger partial charge in [0.2, 0.25) is 0 Å². The average molecular weight is 384 g/mol. The molecule has 0 bridgehead atoms.